The number of nitrogens with one attached hydrogen (secondary N) is 1. The number of nitrogens with zero attached hydrogens (tertiary/aromatic N) is 1. The van der Waals surface area contributed by atoms with Crippen molar-refractivity contribution in [3.05, 3.63) is 28.5 Å². The molecule has 1 aliphatic rings. The molecule has 2 rings (SSSR count). The monoisotopic (exact) mass is 300 g/mol. The summed E-state index contributed by atoms with van der Waals surface area (Å²) in [4.78, 5) is 2.34. The Balaban J connectivity index is 2.06. The van der Waals surface area contributed by atoms with Crippen LogP contribution in [-0.2, 0) is 0 Å². The van der Waals surface area contributed by atoms with Crippen molar-refractivity contribution in [3.8, 4) is 0 Å². The molecule has 1 saturated heterocycles. The molecule has 94 valence electrons. The summed E-state index contributed by atoms with van der Waals surface area (Å²) in [6.45, 7) is 3.27. The molecule has 0 amide bonds. The molecule has 2 atom stereocenters. The van der Waals surface area contributed by atoms with Gasteiger partial charge in [-0.3, -0.25) is 0 Å². The Kier molecular flexibility index (Phi) is 4.05. The van der Waals surface area contributed by atoms with Gasteiger partial charge < -0.3 is 10.2 Å². The van der Waals surface area contributed by atoms with Gasteiger partial charge in [-0.1, -0.05) is 6.07 Å². The molecule has 2 unspecified atom stereocenters. The van der Waals surface area contributed by atoms with E-state index in [-0.39, 0.29) is 5.82 Å². The summed E-state index contributed by atoms with van der Waals surface area (Å²) >= 11 is 3.39. The van der Waals surface area contributed by atoms with Gasteiger partial charge in [0.25, 0.3) is 0 Å². The van der Waals surface area contributed by atoms with E-state index in [1.807, 2.05) is 6.07 Å². The van der Waals surface area contributed by atoms with Crippen molar-refractivity contribution in [2.45, 2.75) is 31.8 Å². The molecular weight excluding hydrogens is 283 g/mol. The topological polar surface area (TPSA) is 15.3 Å². The van der Waals surface area contributed by atoms with Gasteiger partial charge in [-0.15, -0.1) is 0 Å². The number of piperidine rings is 1. The second-order valence-corrected chi connectivity index (χ2v) is 5.65. The van der Waals surface area contributed by atoms with Gasteiger partial charge >= 0.3 is 0 Å². The lowest BCUT2D eigenvalue weighted by Gasteiger charge is -2.36. The number of anilines is 1. The van der Waals surface area contributed by atoms with Crippen molar-refractivity contribution < 1.29 is 4.39 Å². The Bertz CT molecular complexity index is 377. The lowest BCUT2D eigenvalue weighted by Crippen LogP contribution is -2.42. The fraction of sp³-hybridized carbons (Fsp3) is 0.538. The number of para-hydroxylation sites is 1. The van der Waals surface area contributed by atoms with Crippen LogP contribution in [-0.4, -0.2) is 30.6 Å². The summed E-state index contributed by atoms with van der Waals surface area (Å²) in [5.41, 5.74) is 0.592. The van der Waals surface area contributed by atoms with Crippen molar-refractivity contribution >= 4 is 21.6 Å². The Hall–Kier alpha value is -0.610. The van der Waals surface area contributed by atoms with Crippen molar-refractivity contribution in [1.82, 2.24) is 4.90 Å². The summed E-state index contributed by atoms with van der Waals surface area (Å²) in [6.07, 6.45) is 2.11. The number of rotatable bonds is 2. The molecular formula is C13H18BrFN2. The van der Waals surface area contributed by atoms with Crippen LogP contribution < -0.4 is 5.32 Å². The van der Waals surface area contributed by atoms with Crippen molar-refractivity contribution in [3.63, 3.8) is 0 Å². The number of benzene rings is 1. The van der Waals surface area contributed by atoms with E-state index in [4.69, 9.17) is 0 Å². The van der Waals surface area contributed by atoms with Crippen molar-refractivity contribution in [2.75, 3.05) is 18.9 Å². The van der Waals surface area contributed by atoms with E-state index in [2.05, 4.69) is 40.1 Å². The third-order valence-electron chi connectivity index (χ3n) is 3.52. The minimum absolute atomic E-state index is 0.189. The SMILES string of the molecule is CC1CC(Nc2c(F)cccc2Br)CCN1C. The number of hydrogen-bond donors (Lipinski definition) is 1. The molecule has 0 aliphatic carbocycles. The second-order valence-electron chi connectivity index (χ2n) is 4.79. The molecule has 1 N–H and O–H groups in total. The van der Waals surface area contributed by atoms with Gasteiger partial charge in [0, 0.05) is 23.1 Å². The van der Waals surface area contributed by atoms with E-state index in [1.54, 1.807) is 6.07 Å². The summed E-state index contributed by atoms with van der Waals surface area (Å²) in [7, 11) is 2.14. The zero-order chi connectivity index (χ0) is 12.4. The first-order chi connectivity index (χ1) is 8.08. The molecule has 1 aliphatic heterocycles. The lowest BCUT2D eigenvalue weighted by molar-refractivity contribution is 0.190. The van der Waals surface area contributed by atoms with Gasteiger partial charge in [-0.05, 0) is 54.9 Å². The van der Waals surface area contributed by atoms with Crippen LogP contribution in [0.3, 0.4) is 0 Å². The molecule has 1 heterocycles. The quantitative estimate of drug-likeness (QED) is 0.899. The molecule has 0 radical (unpaired) electrons. The smallest absolute Gasteiger partial charge is 0.147 e. The molecule has 1 fully saturated rings. The van der Waals surface area contributed by atoms with Gasteiger partial charge in [0.1, 0.15) is 5.82 Å². The van der Waals surface area contributed by atoms with Crippen LogP contribution >= 0.6 is 15.9 Å². The molecule has 17 heavy (non-hydrogen) atoms. The average molecular weight is 301 g/mol. The molecule has 0 saturated carbocycles. The maximum Gasteiger partial charge on any atom is 0.147 e. The molecule has 0 aromatic heterocycles. The fourth-order valence-corrected chi connectivity index (χ4v) is 2.72. The van der Waals surface area contributed by atoms with Crippen LogP contribution in [0.4, 0.5) is 10.1 Å². The van der Waals surface area contributed by atoms with Crippen molar-refractivity contribution in [1.29, 1.82) is 0 Å². The normalized spacial score (nSPS) is 25.9. The predicted octanol–water partition coefficient (Wildman–Crippen LogP) is 3.48. The van der Waals surface area contributed by atoms with Crippen molar-refractivity contribution in [2.24, 2.45) is 0 Å². The Morgan fingerprint density at radius 3 is 2.88 bits per heavy atom. The predicted molar refractivity (Wildman–Crippen MR) is 72.8 cm³/mol. The highest BCUT2D eigenvalue weighted by molar-refractivity contribution is 9.10. The van der Waals surface area contributed by atoms with Crippen LogP contribution in [0.15, 0.2) is 22.7 Å². The third kappa shape index (κ3) is 2.99. The number of hydrogen-bond acceptors (Lipinski definition) is 2. The van der Waals surface area contributed by atoms with E-state index in [1.165, 1.54) is 6.07 Å². The highest BCUT2D eigenvalue weighted by Crippen LogP contribution is 2.28. The fourth-order valence-electron chi connectivity index (χ4n) is 2.26. The first-order valence-electron chi connectivity index (χ1n) is 5.98. The molecule has 4 heteroatoms. The van der Waals surface area contributed by atoms with E-state index in [0.717, 1.165) is 23.9 Å². The number of likely N-dealkylation sites (tertiary alicyclic amines) is 1. The average Bonchev–Trinajstić information content (AvgIpc) is 2.28. The summed E-state index contributed by atoms with van der Waals surface area (Å²) in [5.74, 6) is -0.189. The van der Waals surface area contributed by atoms with Gasteiger partial charge in [-0.2, -0.15) is 0 Å². The standard InChI is InChI=1S/C13H18BrFN2/c1-9-8-10(6-7-17(9)2)16-13-11(14)4-3-5-12(13)15/h3-5,9-10,16H,6-8H2,1-2H3. The minimum Gasteiger partial charge on any atom is -0.379 e. The van der Waals surface area contributed by atoms with E-state index in [9.17, 15) is 4.39 Å². The second kappa shape index (κ2) is 5.36. The van der Waals surface area contributed by atoms with Crippen LogP contribution in [0.2, 0.25) is 0 Å². The highest BCUT2D eigenvalue weighted by Gasteiger charge is 2.23. The van der Waals surface area contributed by atoms with Gasteiger partial charge in [0.05, 0.1) is 5.69 Å². The Morgan fingerprint density at radius 1 is 1.47 bits per heavy atom. The summed E-state index contributed by atoms with van der Waals surface area (Å²) < 4.78 is 14.5. The van der Waals surface area contributed by atoms with E-state index < -0.39 is 0 Å². The van der Waals surface area contributed by atoms with Gasteiger partial charge in [0.2, 0.25) is 0 Å². The highest BCUT2D eigenvalue weighted by atomic mass is 79.9. The van der Waals surface area contributed by atoms with Crippen LogP contribution in [0.5, 0.6) is 0 Å². The Morgan fingerprint density at radius 2 is 2.24 bits per heavy atom. The maximum atomic E-state index is 13.7. The maximum absolute atomic E-state index is 13.7. The largest absolute Gasteiger partial charge is 0.379 e. The molecule has 0 spiro atoms. The molecule has 0 bridgehead atoms. The van der Waals surface area contributed by atoms with Crippen LogP contribution in [0.25, 0.3) is 0 Å². The Labute approximate surface area is 110 Å². The van der Waals surface area contributed by atoms with Crippen LogP contribution in [0, 0.1) is 5.82 Å². The summed E-state index contributed by atoms with van der Waals surface area (Å²) in [6, 6.07) is 5.97. The van der Waals surface area contributed by atoms with E-state index in [0.29, 0.717) is 17.8 Å². The first-order valence-corrected chi connectivity index (χ1v) is 6.78. The summed E-state index contributed by atoms with van der Waals surface area (Å²) in [5, 5.41) is 3.32. The third-order valence-corrected chi connectivity index (χ3v) is 4.18. The first kappa shape index (κ1) is 12.8. The molecule has 2 nitrogen and oxygen atoms in total. The zero-order valence-electron chi connectivity index (χ0n) is 10.2. The number of halogens is 2. The van der Waals surface area contributed by atoms with Crippen LogP contribution in [0.1, 0.15) is 19.8 Å². The van der Waals surface area contributed by atoms with Gasteiger partial charge in [0.15, 0.2) is 0 Å². The molecule has 1 aromatic carbocycles. The van der Waals surface area contributed by atoms with E-state index >= 15 is 0 Å². The molecule has 1 aromatic rings. The minimum atomic E-state index is -0.189. The zero-order valence-corrected chi connectivity index (χ0v) is 11.8. The lowest BCUT2D eigenvalue weighted by atomic mass is 9.98. The van der Waals surface area contributed by atoms with Gasteiger partial charge in [-0.25, -0.2) is 4.39 Å².